The van der Waals surface area contributed by atoms with E-state index in [0.717, 1.165) is 5.56 Å². The van der Waals surface area contributed by atoms with E-state index in [9.17, 15) is 19.5 Å². The van der Waals surface area contributed by atoms with Crippen LogP contribution in [0.15, 0.2) is 54.7 Å². The molecule has 0 aliphatic rings. The molecule has 0 bridgehead atoms. The first-order chi connectivity index (χ1) is 13.0. The minimum absolute atomic E-state index is 0.0348. The minimum atomic E-state index is -1.19. The van der Waals surface area contributed by atoms with E-state index in [0.29, 0.717) is 5.69 Å². The molecule has 0 spiro atoms. The lowest BCUT2D eigenvalue weighted by Gasteiger charge is -2.18. The topological polar surface area (TPSA) is 118 Å². The van der Waals surface area contributed by atoms with Crippen molar-refractivity contribution in [3.05, 3.63) is 66.0 Å². The average molecular weight is 371 g/mol. The molecule has 2 aromatic rings. The van der Waals surface area contributed by atoms with Gasteiger partial charge >= 0.3 is 12.1 Å². The Hall–Kier alpha value is -3.42. The van der Waals surface area contributed by atoms with Gasteiger partial charge in [-0.15, -0.1) is 0 Å². The number of carboxylic acids is 1. The zero-order chi connectivity index (χ0) is 19.6. The van der Waals surface area contributed by atoms with Crippen LogP contribution >= 0.6 is 0 Å². The molecule has 3 N–H and O–H groups in total. The Bertz CT molecular complexity index is 767. The maximum absolute atomic E-state index is 12.2. The van der Waals surface area contributed by atoms with Gasteiger partial charge < -0.3 is 20.5 Å². The Morgan fingerprint density at radius 3 is 2.41 bits per heavy atom. The van der Waals surface area contributed by atoms with Gasteiger partial charge in [-0.05, 0) is 24.6 Å². The first kappa shape index (κ1) is 19.9. The summed E-state index contributed by atoms with van der Waals surface area (Å²) in [5, 5.41) is 14.1. The number of pyridine rings is 1. The summed E-state index contributed by atoms with van der Waals surface area (Å²) < 4.78 is 5.04. The molecule has 8 nitrogen and oxygen atoms in total. The SMILES string of the molecule is C[C@H](NC(=O)OCc1ccccc1)C(=O)N[C@@H](Cc1ccccn1)C(=O)O. The van der Waals surface area contributed by atoms with Gasteiger partial charge in [-0.2, -0.15) is 0 Å². The van der Waals surface area contributed by atoms with Crippen molar-refractivity contribution in [2.24, 2.45) is 0 Å². The highest BCUT2D eigenvalue weighted by molar-refractivity contribution is 5.89. The third-order valence-electron chi connectivity index (χ3n) is 3.69. The van der Waals surface area contributed by atoms with E-state index >= 15 is 0 Å². The molecule has 142 valence electrons. The predicted molar refractivity (Wildman–Crippen MR) is 96.7 cm³/mol. The van der Waals surface area contributed by atoms with Crippen molar-refractivity contribution >= 4 is 18.0 Å². The van der Waals surface area contributed by atoms with Crippen LogP contribution in [0.4, 0.5) is 4.79 Å². The van der Waals surface area contributed by atoms with Crippen molar-refractivity contribution in [2.45, 2.75) is 32.0 Å². The van der Waals surface area contributed by atoms with E-state index in [4.69, 9.17) is 4.74 Å². The summed E-state index contributed by atoms with van der Waals surface area (Å²) in [4.78, 5) is 39.4. The number of aliphatic carboxylic acids is 1. The van der Waals surface area contributed by atoms with Gasteiger partial charge in [0.15, 0.2) is 0 Å². The lowest BCUT2D eigenvalue weighted by molar-refractivity contribution is -0.142. The minimum Gasteiger partial charge on any atom is -0.480 e. The maximum Gasteiger partial charge on any atom is 0.408 e. The van der Waals surface area contributed by atoms with Crippen molar-refractivity contribution in [1.29, 1.82) is 0 Å². The third-order valence-corrected chi connectivity index (χ3v) is 3.69. The van der Waals surface area contributed by atoms with E-state index in [1.165, 1.54) is 6.92 Å². The van der Waals surface area contributed by atoms with Crippen LogP contribution in [-0.4, -0.2) is 40.1 Å². The molecular formula is C19H21N3O5. The van der Waals surface area contributed by atoms with E-state index < -0.39 is 30.1 Å². The van der Waals surface area contributed by atoms with Crippen LogP contribution in [0.3, 0.4) is 0 Å². The molecule has 0 unspecified atom stereocenters. The summed E-state index contributed by atoms with van der Waals surface area (Å²) in [6, 6.07) is 12.1. The number of rotatable bonds is 8. The number of nitrogens with zero attached hydrogens (tertiary/aromatic N) is 1. The molecule has 1 heterocycles. The number of carbonyl (C=O) groups excluding carboxylic acids is 2. The summed E-state index contributed by atoms with van der Waals surface area (Å²) in [7, 11) is 0. The number of hydrogen-bond acceptors (Lipinski definition) is 5. The number of carbonyl (C=O) groups is 3. The molecule has 0 radical (unpaired) electrons. The van der Waals surface area contributed by atoms with Crippen LogP contribution in [0.25, 0.3) is 0 Å². The smallest absolute Gasteiger partial charge is 0.408 e. The number of aromatic nitrogens is 1. The van der Waals surface area contributed by atoms with E-state index in [1.807, 2.05) is 18.2 Å². The van der Waals surface area contributed by atoms with Crippen LogP contribution in [-0.2, 0) is 27.4 Å². The second-order valence-corrected chi connectivity index (χ2v) is 5.85. The van der Waals surface area contributed by atoms with Gasteiger partial charge in [0.1, 0.15) is 18.7 Å². The molecule has 2 rings (SSSR count). The Balaban J connectivity index is 1.83. The van der Waals surface area contributed by atoms with Crippen molar-refractivity contribution in [3.8, 4) is 0 Å². The monoisotopic (exact) mass is 371 g/mol. The van der Waals surface area contributed by atoms with Gasteiger partial charge in [-0.3, -0.25) is 9.78 Å². The van der Waals surface area contributed by atoms with E-state index in [-0.39, 0.29) is 13.0 Å². The second-order valence-electron chi connectivity index (χ2n) is 5.85. The zero-order valence-corrected chi connectivity index (χ0v) is 14.8. The highest BCUT2D eigenvalue weighted by Crippen LogP contribution is 2.02. The summed E-state index contributed by atoms with van der Waals surface area (Å²) in [5.41, 5.74) is 1.35. The van der Waals surface area contributed by atoms with Gasteiger partial charge in [0.2, 0.25) is 5.91 Å². The predicted octanol–water partition coefficient (Wildman–Crippen LogP) is 1.51. The van der Waals surface area contributed by atoms with Gasteiger partial charge in [-0.1, -0.05) is 36.4 Å². The molecule has 1 aromatic heterocycles. The maximum atomic E-state index is 12.2. The molecular weight excluding hydrogens is 350 g/mol. The number of ether oxygens (including phenoxy) is 1. The number of amides is 2. The van der Waals surface area contributed by atoms with Gasteiger partial charge in [0.05, 0.1) is 0 Å². The highest BCUT2D eigenvalue weighted by atomic mass is 16.5. The van der Waals surface area contributed by atoms with E-state index in [1.54, 1.807) is 36.5 Å². The molecule has 2 atom stereocenters. The average Bonchev–Trinajstić information content (AvgIpc) is 2.67. The van der Waals surface area contributed by atoms with Crippen LogP contribution < -0.4 is 10.6 Å². The van der Waals surface area contributed by atoms with E-state index in [2.05, 4.69) is 15.6 Å². The van der Waals surface area contributed by atoms with Gasteiger partial charge in [-0.25, -0.2) is 9.59 Å². The van der Waals surface area contributed by atoms with Crippen LogP contribution in [0.5, 0.6) is 0 Å². The number of hydrogen-bond donors (Lipinski definition) is 3. The lowest BCUT2D eigenvalue weighted by Crippen LogP contribution is -2.51. The summed E-state index contributed by atoms with van der Waals surface area (Å²) in [6.45, 7) is 1.51. The number of benzene rings is 1. The Kier molecular flexibility index (Phi) is 7.30. The number of carboxylic acid groups (broad SMARTS) is 1. The van der Waals surface area contributed by atoms with Gasteiger partial charge in [0, 0.05) is 18.3 Å². The summed E-state index contributed by atoms with van der Waals surface area (Å²) in [5.74, 6) is -1.82. The Morgan fingerprint density at radius 2 is 1.78 bits per heavy atom. The Labute approximate surface area is 156 Å². The molecule has 2 amide bonds. The zero-order valence-electron chi connectivity index (χ0n) is 14.8. The third kappa shape index (κ3) is 6.77. The number of alkyl carbamates (subject to hydrolysis) is 1. The fourth-order valence-electron chi connectivity index (χ4n) is 2.23. The molecule has 0 aliphatic heterocycles. The summed E-state index contributed by atoms with van der Waals surface area (Å²) in [6.07, 6.45) is 0.814. The van der Waals surface area contributed by atoms with Crippen molar-refractivity contribution < 1.29 is 24.2 Å². The normalized spacial score (nSPS) is 12.5. The quantitative estimate of drug-likeness (QED) is 0.647. The first-order valence-electron chi connectivity index (χ1n) is 8.36. The molecule has 8 heteroatoms. The molecule has 27 heavy (non-hydrogen) atoms. The second kappa shape index (κ2) is 9.91. The molecule has 1 aromatic carbocycles. The highest BCUT2D eigenvalue weighted by Gasteiger charge is 2.24. The van der Waals surface area contributed by atoms with Crippen molar-refractivity contribution in [1.82, 2.24) is 15.6 Å². The van der Waals surface area contributed by atoms with Crippen LogP contribution in [0, 0.1) is 0 Å². The molecule has 0 saturated heterocycles. The number of nitrogens with one attached hydrogen (secondary N) is 2. The van der Waals surface area contributed by atoms with Crippen molar-refractivity contribution in [3.63, 3.8) is 0 Å². The molecule has 0 aliphatic carbocycles. The van der Waals surface area contributed by atoms with Crippen LogP contribution in [0.1, 0.15) is 18.2 Å². The Morgan fingerprint density at radius 1 is 1.07 bits per heavy atom. The largest absolute Gasteiger partial charge is 0.480 e. The fourth-order valence-corrected chi connectivity index (χ4v) is 2.23. The lowest BCUT2D eigenvalue weighted by atomic mass is 10.1. The van der Waals surface area contributed by atoms with Gasteiger partial charge in [0.25, 0.3) is 0 Å². The molecule has 0 fully saturated rings. The standard InChI is InChI=1S/C19H21N3O5/c1-13(21-19(26)27-12-14-7-3-2-4-8-14)17(23)22-16(18(24)25)11-15-9-5-6-10-20-15/h2-10,13,16H,11-12H2,1H3,(H,21,26)(H,22,23)(H,24,25)/t13-,16-/m0/s1. The summed E-state index contributed by atoms with van der Waals surface area (Å²) >= 11 is 0. The first-order valence-corrected chi connectivity index (χ1v) is 8.36. The van der Waals surface area contributed by atoms with Crippen molar-refractivity contribution in [2.75, 3.05) is 0 Å². The molecule has 0 saturated carbocycles. The fraction of sp³-hybridized carbons (Fsp3) is 0.263. The van der Waals surface area contributed by atoms with Crippen LogP contribution in [0.2, 0.25) is 0 Å².